The fourth-order valence-electron chi connectivity index (χ4n) is 1.20. The van der Waals surface area contributed by atoms with Crippen LogP contribution in [0.15, 0.2) is 12.3 Å². The lowest BCUT2D eigenvalue weighted by molar-refractivity contribution is 0.274. The Hall–Kier alpha value is -1.80. The maximum atomic E-state index is 8.64. The van der Waals surface area contributed by atoms with E-state index in [1.54, 1.807) is 6.07 Å². The minimum atomic E-state index is 0.401. The second kappa shape index (κ2) is 5.93. The number of anilines is 1. The van der Waals surface area contributed by atoms with Crippen LogP contribution >= 0.6 is 0 Å². The number of nitriles is 1. The average molecular weight is 220 g/mol. The van der Waals surface area contributed by atoms with Crippen LogP contribution in [-0.2, 0) is 0 Å². The summed E-state index contributed by atoms with van der Waals surface area (Å²) < 4.78 is 5.41. The van der Waals surface area contributed by atoms with Gasteiger partial charge in [-0.2, -0.15) is 5.26 Å². The molecule has 1 aromatic heterocycles. The Bertz CT molecular complexity index is 384. The molecule has 0 aromatic carbocycles. The molecule has 0 saturated carbocycles. The first-order valence-electron chi connectivity index (χ1n) is 5.06. The maximum Gasteiger partial charge on any atom is 0.237 e. The fraction of sp³-hybridized carbons (Fsp3) is 0.455. The number of nitrogen functional groups attached to an aromatic ring is 1. The first kappa shape index (κ1) is 12.3. The van der Waals surface area contributed by atoms with Crippen molar-refractivity contribution in [1.29, 1.82) is 5.26 Å². The SMILES string of the molecule is CN(C)CCCOc1ncc(C#N)cc1N. The van der Waals surface area contributed by atoms with E-state index in [9.17, 15) is 0 Å². The predicted molar refractivity (Wildman–Crippen MR) is 62.0 cm³/mol. The molecule has 2 N–H and O–H groups in total. The van der Waals surface area contributed by atoms with Gasteiger partial charge in [0.1, 0.15) is 6.07 Å². The van der Waals surface area contributed by atoms with Crippen molar-refractivity contribution >= 4 is 5.69 Å². The molecule has 0 aliphatic carbocycles. The summed E-state index contributed by atoms with van der Waals surface area (Å²) in [5.41, 5.74) is 6.54. The van der Waals surface area contributed by atoms with E-state index >= 15 is 0 Å². The van der Waals surface area contributed by atoms with Gasteiger partial charge in [0.15, 0.2) is 0 Å². The molecule has 1 rings (SSSR count). The van der Waals surface area contributed by atoms with Gasteiger partial charge in [-0.1, -0.05) is 0 Å². The molecular formula is C11H16N4O. The minimum absolute atomic E-state index is 0.401. The third kappa shape index (κ3) is 3.75. The second-order valence-corrected chi connectivity index (χ2v) is 3.74. The largest absolute Gasteiger partial charge is 0.476 e. The summed E-state index contributed by atoms with van der Waals surface area (Å²) in [5, 5.41) is 8.64. The molecule has 5 heteroatoms. The van der Waals surface area contributed by atoms with Gasteiger partial charge >= 0.3 is 0 Å². The molecule has 0 aliphatic heterocycles. The molecule has 0 radical (unpaired) electrons. The predicted octanol–water partition coefficient (Wildman–Crippen LogP) is 0.866. The van der Waals surface area contributed by atoms with E-state index in [2.05, 4.69) is 9.88 Å². The van der Waals surface area contributed by atoms with Gasteiger partial charge in [-0.3, -0.25) is 0 Å². The van der Waals surface area contributed by atoms with Gasteiger partial charge in [-0.25, -0.2) is 4.98 Å². The zero-order valence-corrected chi connectivity index (χ0v) is 9.60. The smallest absolute Gasteiger partial charge is 0.237 e. The van der Waals surface area contributed by atoms with Crippen LogP contribution in [-0.4, -0.2) is 37.1 Å². The van der Waals surface area contributed by atoms with Gasteiger partial charge in [-0.05, 0) is 26.6 Å². The summed E-state index contributed by atoms with van der Waals surface area (Å²) >= 11 is 0. The van der Waals surface area contributed by atoms with Crippen LogP contribution in [0.5, 0.6) is 5.88 Å². The highest BCUT2D eigenvalue weighted by Crippen LogP contribution is 2.18. The molecule has 1 heterocycles. The van der Waals surface area contributed by atoms with Gasteiger partial charge in [0.05, 0.1) is 17.9 Å². The summed E-state index contributed by atoms with van der Waals surface area (Å²) in [6.07, 6.45) is 2.37. The van der Waals surface area contributed by atoms with Crippen molar-refractivity contribution in [2.45, 2.75) is 6.42 Å². The van der Waals surface area contributed by atoms with Gasteiger partial charge in [0, 0.05) is 12.7 Å². The quantitative estimate of drug-likeness (QED) is 0.745. The van der Waals surface area contributed by atoms with Crippen LogP contribution in [0.4, 0.5) is 5.69 Å². The number of pyridine rings is 1. The molecule has 0 saturated heterocycles. The summed E-state index contributed by atoms with van der Waals surface area (Å²) in [6, 6.07) is 3.54. The van der Waals surface area contributed by atoms with Crippen LogP contribution in [0.2, 0.25) is 0 Å². The molecular weight excluding hydrogens is 204 g/mol. The Morgan fingerprint density at radius 1 is 1.56 bits per heavy atom. The monoisotopic (exact) mass is 220 g/mol. The van der Waals surface area contributed by atoms with Crippen molar-refractivity contribution in [2.75, 3.05) is 33.0 Å². The van der Waals surface area contributed by atoms with E-state index in [-0.39, 0.29) is 0 Å². The average Bonchev–Trinajstić information content (AvgIpc) is 2.25. The van der Waals surface area contributed by atoms with E-state index in [1.165, 1.54) is 6.20 Å². The van der Waals surface area contributed by atoms with Crippen LogP contribution < -0.4 is 10.5 Å². The third-order valence-electron chi connectivity index (χ3n) is 2.00. The van der Waals surface area contributed by atoms with Crippen LogP contribution in [0.3, 0.4) is 0 Å². The summed E-state index contributed by atoms with van der Waals surface area (Å²) in [6.45, 7) is 1.53. The molecule has 0 spiro atoms. The van der Waals surface area contributed by atoms with Crippen LogP contribution in [0.1, 0.15) is 12.0 Å². The van der Waals surface area contributed by atoms with Crippen molar-refractivity contribution in [3.63, 3.8) is 0 Å². The molecule has 5 nitrogen and oxygen atoms in total. The second-order valence-electron chi connectivity index (χ2n) is 3.74. The van der Waals surface area contributed by atoms with Crippen molar-refractivity contribution in [2.24, 2.45) is 0 Å². The van der Waals surface area contributed by atoms with E-state index < -0.39 is 0 Å². The zero-order valence-electron chi connectivity index (χ0n) is 9.60. The highest BCUT2D eigenvalue weighted by atomic mass is 16.5. The molecule has 0 fully saturated rings. The van der Waals surface area contributed by atoms with E-state index in [0.717, 1.165) is 13.0 Å². The van der Waals surface area contributed by atoms with E-state index in [4.69, 9.17) is 15.7 Å². The Kier molecular flexibility index (Phi) is 4.55. The van der Waals surface area contributed by atoms with Crippen molar-refractivity contribution < 1.29 is 4.74 Å². The molecule has 0 aliphatic rings. The van der Waals surface area contributed by atoms with E-state index in [0.29, 0.717) is 23.7 Å². The molecule has 0 atom stereocenters. The van der Waals surface area contributed by atoms with Gasteiger partial charge in [0.2, 0.25) is 5.88 Å². The van der Waals surface area contributed by atoms with E-state index in [1.807, 2.05) is 20.2 Å². The van der Waals surface area contributed by atoms with Crippen LogP contribution in [0.25, 0.3) is 0 Å². The number of ether oxygens (including phenoxy) is 1. The zero-order chi connectivity index (χ0) is 12.0. The van der Waals surface area contributed by atoms with Crippen molar-refractivity contribution in [1.82, 2.24) is 9.88 Å². The standard InChI is InChI=1S/C11H16N4O/c1-15(2)4-3-5-16-11-10(13)6-9(7-12)8-14-11/h6,8H,3-5,13H2,1-2H3. The van der Waals surface area contributed by atoms with Gasteiger partial charge < -0.3 is 15.4 Å². The molecule has 86 valence electrons. The normalized spacial score (nSPS) is 10.1. The molecule has 0 unspecified atom stereocenters. The Morgan fingerprint density at radius 2 is 2.31 bits per heavy atom. The summed E-state index contributed by atoms with van der Waals surface area (Å²) in [5.74, 6) is 0.401. The number of hydrogen-bond donors (Lipinski definition) is 1. The number of aromatic nitrogens is 1. The highest BCUT2D eigenvalue weighted by Gasteiger charge is 2.03. The lowest BCUT2D eigenvalue weighted by Crippen LogP contribution is -2.16. The number of hydrogen-bond acceptors (Lipinski definition) is 5. The van der Waals surface area contributed by atoms with Crippen molar-refractivity contribution in [3.8, 4) is 11.9 Å². The first-order chi connectivity index (χ1) is 7.63. The Labute approximate surface area is 95.4 Å². The lowest BCUT2D eigenvalue weighted by atomic mass is 10.3. The first-order valence-corrected chi connectivity index (χ1v) is 5.06. The fourth-order valence-corrected chi connectivity index (χ4v) is 1.20. The lowest BCUT2D eigenvalue weighted by Gasteiger charge is -2.10. The number of rotatable bonds is 5. The van der Waals surface area contributed by atoms with Crippen molar-refractivity contribution in [3.05, 3.63) is 17.8 Å². The van der Waals surface area contributed by atoms with Gasteiger partial charge in [-0.15, -0.1) is 0 Å². The summed E-state index contributed by atoms with van der Waals surface area (Å²) in [7, 11) is 4.02. The number of nitrogens with two attached hydrogens (primary N) is 1. The Morgan fingerprint density at radius 3 is 2.88 bits per heavy atom. The minimum Gasteiger partial charge on any atom is -0.476 e. The topological polar surface area (TPSA) is 75.2 Å². The highest BCUT2D eigenvalue weighted by molar-refractivity contribution is 5.51. The Balaban J connectivity index is 2.46. The molecule has 16 heavy (non-hydrogen) atoms. The number of nitrogens with zero attached hydrogens (tertiary/aromatic N) is 3. The molecule has 0 amide bonds. The third-order valence-corrected chi connectivity index (χ3v) is 2.00. The molecule has 1 aromatic rings. The summed E-state index contributed by atoms with van der Waals surface area (Å²) in [4.78, 5) is 6.06. The molecule has 0 bridgehead atoms. The van der Waals surface area contributed by atoms with Gasteiger partial charge in [0.25, 0.3) is 0 Å². The van der Waals surface area contributed by atoms with Crippen LogP contribution in [0, 0.1) is 11.3 Å². The maximum absolute atomic E-state index is 8.64.